The van der Waals surface area contributed by atoms with E-state index in [0.29, 0.717) is 18.4 Å². The van der Waals surface area contributed by atoms with Crippen LogP contribution in [0.4, 0.5) is 0 Å². The summed E-state index contributed by atoms with van der Waals surface area (Å²) in [5, 5.41) is 5.07. The van der Waals surface area contributed by atoms with Crippen LogP contribution >= 0.6 is 0 Å². The number of sulfonamides is 1. The lowest BCUT2D eigenvalue weighted by Crippen LogP contribution is -2.28. The average Bonchev–Trinajstić information content (AvgIpc) is 3.17. The van der Waals surface area contributed by atoms with Crippen LogP contribution < -0.4 is 9.88 Å². The normalized spacial score (nSPS) is 19.1. The molecule has 2 heterocycles. The molecule has 1 atom stereocenters. The minimum absolute atomic E-state index is 0.0937. The fraction of sp³-hybridized carbons (Fsp3) is 0.375. The van der Waals surface area contributed by atoms with Crippen LogP contribution in [-0.4, -0.2) is 38.0 Å². The fourth-order valence-corrected chi connectivity index (χ4v) is 3.52. The van der Waals surface area contributed by atoms with Crippen molar-refractivity contribution in [2.75, 3.05) is 19.7 Å². The van der Waals surface area contributed by atoms with Crippen LogP contribution in [0.3, 0.4) is 0 Å². The van der Waals surface area contributed by atoms with Gasteiger partial charge in [-0.3, -0.25) is 4.90 Å². The van der Waals surface area contributed by atoms with Crippen molar-refractivity contribution in [3.63, 3.8) is 0 Å². The molecule has 2 aromatic rings. The number of ether oxygens (including phenoxy) is 1. The molecule has 7 heteroatoms. The second-order valence-corrected chi connectivity index (χ2v) is 7.25. The molecule has 0 aliphatic carbocycles. The fourth-order valence-electron chi connectivity index (χ4n) is 3.00. The van der Waals surface area contributed by atoms with E-state index in [-0.39, 0.29) is 4.90 Å². The van der Waals surface area contributed by atoms with E-state index in [1.165, 1.54) is 24.2 Å². The molecule has 1 fully saturated rings. The van der Waals surface area contributed by atoms with E-state index in [2.05, 4.69) is 16.0 Å². The maximum Gasteiger partial charge on any atom is 0.238 e. The summed E-state index contributed by atoms with van der Waals surface area (Å²) in [4.78, 5) is 5.79. The Balaban J connectivity index is 1.53. The van der Waals surface area contributed by atoms with Crippen molar-refractivity contribution in [1.82, 2.24) is 9.88 Å². The molecule has 1 aromatic carbocycles. The van der Waals surface area contributed by atoms with Gasteiger partial charge in [0.2, 0.25) is 10.0 Å². The van der Waals surface area contributed by atoms with E-state index < -0.39 is 10.0 Å². The van der Waals surface area contributed by atoms with Gasteiger partial charge in [0.25, 0.3) is 0 Å². The second kappa shape index (κ2) is 6.74. The molecule has 1 saturated heterocycles. The summed E-state index contributed by atoms with van der Waals surface area (Å²) in [5.41, 5.74) is 1.25. The number of nitrogens with one attached hydrogen (secondary N) is 1. The summed E-state index contributed by atoms with van der Waals surface area (Å²) in [6.07, 6.45) is 4.30. The maximum absolute atomic E-state index is 11.2. The first-order valence-electron chi connectivity index (χ1n) is 7.67. The molecule has 6 nitrogen and oxygen atoms in total. The van der Waals surface area contributed by atoms with Gasteiger partial charge in [-0.25, -0.2) is 13.6 Å². The molecule has 0 spiro atoms. The van der Waals surface area contributed by atoms with Crippen molar-refractivity contribution in [2.24, 2.45) is 5.14 Å². The SMILES string of the molecule is NS(=O)(=O)c1ccc(OCCN2CCC[C@H]2c2ccc[nH]2)cc1. The Morgan fingerprint density at radius 2 is 2.04 bits per heavy atom. The van der Waals surface area contributed by atoms with Gasteiger partial charge in [0, 0.05) is 24.5 Å². The van der Waals surface area contributed by atoms with Crippen molar-refractivity contribution >= 4 is 10.0 Å². The van der Waals surface area contributed by atoms with Crippen LogP contribution in [0.2, 0.25) is 0 Å². The van der Waals surface area contributed by atoms with Gasteiger partial charge in [0.05, 0.1) is 4.90 Å². The first kappa shape index (κ1) is 16.0. The Morgan fingerprint density at radius 1 is 1.26 bits per heavy atom. The van der Waals surface area contributed by atoms with Gasteiger partial charge in [-0.05, 0) is 55.8 Å². The first-order valence-corrected chi connectivity index (χ1v) is 9.22. The smallest absolute Gasteiger partial charge is 0.238 e. The largest absolute Gasteiger partial charge is 0.492 e. The third-order valence-corrected chi connectivity index (χ3v) is 5.07. The van der Waals surface area contributed by atoms with Gasteiger partial charge in [-0.15, -0.1) is 0 Å². The van der Waals surface area contributed by atoms with Gasteiger partial charge >= 0.3 is 0 Å². The standard InChI is InChI=1S/C16H21N3O3S/c17-23(20,21)14-7-5-13(6-8-14)22-12-11-19-10-2-4-16(19)15-3-1-9-18-15/h1,3,5-9,16,18H,2,4,10-12H2,(H2,17,20,21)/t16-/m0/s1. The molecule has 1 aliphatic rings. The number of nitrogens with zero attached hydrogens (tertiary/aromatic N) is 1. The predicted octanol–water partition coefficient (Wildman–Crippen LogP) is 1.88. The number of hydrogen-bond donors (Lipinski definition) is 2. The molecular weight excluding hydrogens is 314 g/mol. The van der Waals surface area contributed by atoms with Gasteiger partial charge in [-0.2, -0.15) is 0 Å². The molecule has 23 heavy (non-hydrogen) atoms. The van der Waals surface area contributed by atoms with E-state index >= 15 is 0 Å². The number of primary sulfonamides is 1. The third-order valence-electron chi connectivity index (χ3n) is 4.14. The Kier molecular flexibility index (Phi) is 4.70. The third kappa shape index (κ3) is 3.93. The zero-order chi connectivity index (χ0) is 16.3. The zero-order valence-electron chi connectivity index (χ0n) is 12.8. The van der Waals surface area contributed by atoms with Gasteiger partial charge in [0.1, 0.15) is 12.4 Å². The summed E-state index contributed by atoms with van der Waals surface area (Å²) < 4.78 is 28.1. The Labute approximate surface area is 136 Å². The van der Waals surface area contributed by atoms with Crippen molar-refractivity contribution in [1.29, 1.82) is 0 Å². The number of aromatic amines is 1. The minimum Gasteiger partial charge on any atom is -0.492 e. The van der Waals surface area contributed by atoms with Crippen LogP contribution in [0.15, 0.2) is 47.5 Å². The van der Waals surface area contributed by atoms with E-state index in [4.69, 9.17) is 9.88 Å². The molecule has 0 unspecified atom stereocenters. The molecule has 0 amide bonds. The molecule has 0 radical (unpaired) electrons. The highest BCUT2D eigenvalue weighted by atomic mass is 32.2. The lowest BCUT2D eigenvalue weighted by Gasteiger charge is -2.23. The number of nitrogens with two attached hydrogens (primary N) is 1. The molecule has 3 N–H and O–H groups in total. The lowest BCUT2D eigenvalue weighted by molar-refractivity contribution is 0.195. The highest BCUT2D eigenvalue weighted by molar-refractivity contribution is 7.89. The summed E-state index contributed by atoms with van der Waals surface area (Å²) >= 11 is 0. The Bertz CT molecular complexity index is 726. The zero-order valence-corrected chi connectivity index (χ0v) is 13.6. The number of H-pyrrole nitrogens is 1. The Morgan fingerprint density at radius 3 is 2.70 bits per heavy atom. The average molecular weight is 335 g/mol. The van der Waals surface area contributed by atoms with Gasteiger partial charge < -0.3 is 9.72 Å². The van der Waals surface area contributed by atoms with Crippen LogP contribution in [0.25, 0.3) is 0 Å². The highest BCUT2D eigenvalue weighted by Crippen LogP contribution is 2.30. The quantitative estimate of drug-likeness (QED) is 0.843. The van der Waals surface area contributed by atoms with Crippen molar-refractivity contribution in [2.45, 2.75) is 23.8 Å². The molecule has 1 aromatic heterocycles. The number of likely N-dealkylation sites (tertiary alicyclic amines) is 1. The number of aromatic nitrogens is 1. The van der Waals surface area contributed by atoms with Crippen molar-refractivity contribution in [3.8, 4) is 5.75 Å². The highest BCUT2D eigenvalue weighted by Gasteiger charge is 2.26. The minimum atomic E-state index is -3.65. The molecule has 3 rings (SSSR count). The van der Waals surface area contributed by atoms with Crippen molar-refractivity contribution < 1.29 is 13.2 Å². The topological polar surface area (TPSA) is 88.4 Å². The monoisotopic (exact) mass is 335 g/mol. The summed E-state index contributed by atoms with van der Waals surface area (Å²) in [7, 11) is -3.65. The number of benzene rings is 1. The predicted molar refractivity (Wildman–Crippen MR) is 87.7 cm³/mol. The van der Waals surface area contributed by atoms with E-state index in [1.807, 2.05) is 12.3 Å². The molecule has 124 valence electrons. The Hall–Kier alpha value is -1.83. The van der Waals surface area contributed by atoms with E-state index in [1.54, 1.807) is 12.1 Å². The lowest BCUT2D eigenvalue weighted by atomic mass is 10.1. The van der Waals surface area contributed by atoms with E-state index in [9.17, 15) is 8.42 Å². The molecule has 0 bridgehead atoms. The second-order valence-electron chi connectivity index (χ2n) is 5.68. The first-order chi connectivity index (χ1) is 11.0. The maximum atomic E-state index is 11.2. The van der Waals surface area contributed by atoms with Gasteiger partial charge in [0.15, 0.2) is 0 Å². The summed E-state index contributed by atoms with van der Waals surface area (Å²) in [5.74, 6) is 0.646. The van der Waals surface area contributed by atoms with Crippen LogP contribution in [0.1, 0.15) is 24.6 Å². The number of hydrogen-bond acceptors (Lipinski definition) is 4. The van der Waals surface area contributed by atoms with Crippen LogP contribution in [0, 0.1) is 0 Å². The van der Waals surface area contributed by atoms with E-state index in [0.717, 1.165) is 19.5 Å². The summed E-state index contributed by atoms with van der Waals surface area (Å²) in [6, 6.07) is 10.8. The molecule has 1 aliphatic heterocycles. The van der Waals surface area contributed by atoms with Crippen molar-refractivity contribution in [3.05, 3.63) is 48.3 Å². The molecule has 0 saturated carbocycles. The molecular formula is C16H21N3O3S. The van der Waals surface area contributed by atoms with Crippen LogP contribution in [-0.2, 0) is 10.0 Å². The summed E-state index contributed by atoms with van der Waals surface area (Å²) in [6.45, 7) is 2.46. The number of rotatable bonds is 6. The van der Waals surface area contributed by atoms with Gasteiger partial charge in [-0.1, -0.05) is 0 Å². The van der Waals surface area contributed by atoms with Crippen LogP contribution in [0.5, 0.6) is 5.75 Å².